The molecule has 0 aromatic carbocycles. The van der Waals surface area contributed by atoms with Crippen LogP contribution in [0.3, 0.4) is 0 Å². The Hall–Kier alpha value is -0.290. The maximum absolute atomic E-state index is 12.0. The van der Waals surface area contributed by atoms with E-state index in [9.17, 15) is 13.2 Å². The molecule has 1 aliphatic rings. The molecule has 5 heteroatoms. The second kappa shape index (κ2) is 4.49. The summed E-state index contributed by atoms with van der Waals surface area (Å²) in [6.45, 7) is 2.18. The van der Waals surface area contributed by atoms with Crippen LogP contribution < -0.4 is 5.73 Å². The van der Waals surface area contributed by atoms with Crippen molar-refractivity contribution in [3.63, 3.8) is 0 Å². The van der Waals surface area contributed by atoms with Crippen LogP contribution >= 0.6 is 0 Å². The fraction of sp³-hybridized carbons (Fsp3) is 1.00. The number of nitrogens with two attached hydrogens (primary N) is 1. The number of hydrogen-bond acceptors (Lipinski definition) is 2. The highest BCUT2D eigenvalue weighted by Crippen LogP contribution is 2.23. The monoisotopic (exact) mass is 210 g/mol. The highest BCUT2D eigenvalue weighted by molar-refractivity contribution is 4.78. The van der Waals surface area contributed by atoms with E-state index in [1.54, 1.807) is 0 Å². The molecule has 0 aromatic rings. The lowest BCUT2D eigenvalue weighted by Gasteiger charge is -2.33. The summed E-state index contributed by atoms with van der Waals surface area (Å²) in [5.41, 5.74) is 5.70. The molecule has 0 bridgehead atoms. The first-order valence-corrected chi connectivity index (χ1v) is 4.93. The molecule has 1 aliphatic heterocycles. The number of piperidine rings is 1. The van der Waals surface area contributed by atoms with E-state index in [1.807, 2.05) is 6.92 Å². The van der Waals surface area contributed by atoms with Gasteiger partial charge in [-0.2, -0.15) is 13.2 Å². The second-order valence-electron chi connectivity index (χ2n) is 4.09. The van der Waals surface area contributed by atoms with Gasteiger partial charge in [-0.3, -0.25) is 4.90 Å². The van der Waals surface area contributed by atoms with Gasteiger partial charge in [0.15, 0.2) is 0 Å². The van der Waals surface area contributed by atoms with E-state index in [2.05, 4.69) is 0 Å². The van der Waals surface area contributed by atoms with Crippen molar-refractivity contribution in [2.45, 2.75) is 32.0 Å². The zero-order chi connectivity index (χ0) is 10.8. The van der Waals surface area contributed by atoms with E-state index in [1.165, 1.54) is 4.90 Å². The van der Waals surface area contributed by atoms with Crippen molar-refractivity contribution in [3.8, 4) is 0 Å². The number of halogens is 3. The van der Waals surface area contributed by atoms with Crippen molar-refractivity contribution in [2.24, 2.45) is 11.7 Å². The van der Waals surface area contributed by atoms with Gasteiger partial charge in [0.2, 0.25) is 0 Å². The molecule has 84 valence electrons. The molecule has 1 rings (SSSR count). The van der Waals surface area contributed by atoms with Gasteiger partial charge in [-0.15, -0.1) is 0 Å². The zero-order valence-corrected chi connectivity index (χ0v) is 8.35. The van der Waals surface area contributed by atoms with E-state index in [0.717, 1.165) is 12.8 Å². The summed E-state index contributed by atoms with van der Waals surface area (Å²) in [6.07, 6.45) is -2.50. The molecule has 1 fully saturated rings. The molecule has 0 radical (unpaired) electrons. The van der Waals surface area contributed by atoms with Gasteiger partial charge in [0.25, 0.3) is 0 Å². The molecule has 0 amide bonds. The highest BCUT2D eigenvalue weighted by atomic mass is 19.4. The third-order valence-electron chi connectivity index (χ3n) is 2.78. The van der Waals surface area contributed by atoms with Gasteiger partial charge in [0, 0.05) is 6.04 Å². The molecular formula is C9H17F3N2. The van der Waals surface area contributed by atoms with Crippen LogP contribution in [0.1, 0.15) is 19.8 Å². The molecule has 0 saturated carbocycles. The summed E-state index contributed by atoms with van der Waals surface area (Å²) in [5, 5.41) is 0. The summed E-state index contributed by atoms with van der Waals surface area (Å²) in [4.78, 5) is 1.46. The number of nitrogens with zero attached hydrogens (tertiary/aromatic N) is 1. The molecule has 1 saturated heterocycles. The normalized spacial score (nSPS) is 23.8. The van der Waals surface area contributed by atoms with E-state index < -0.39 is 12.7 Å². The Morgan fingerprint density at radius 2 is 1.86 bits per heavy atom. The Kier molecular flexibility index (Phi) is 3.78. The lowest BCUT2D eigenvalue weighted by atomic mass is 9.91. The lowest BCUT2D eigenvalue weighted by molar-refractivity contribution is -0.148. The first kappa shape index (κ1) is 11.8. The SMILES string of the molecule is C[C@@H](N)C1CCN(CC(F)(F)F)CC1. The molecule has 0 aliphatic carbocycles. The number of alkyl halides is 3. The van der Waals surface area contributed by atoms with Gasteiger partial charge in [0.1, 0.15) is 0 Å². The number of likely N-dealkylation sites (tertiary alicyclic amines) is 1. The first-order chi connectivity index (χ1) is 6.38. The topological polar surface area (TPSA) is 29.3 Å². The third kappa shape index (κ3) is 3.84. The van der Waals surface area contributed by atoms with Crippen molar-refractivity contribution in [1.29, 1.82) is 0 Å². The zero-order valence-electron chi connectivity index (χ0n) is 8.35. The molecule has 1 atom stereocenters. The van der Waals surface area contributed by atoms with Gasteiger partial charge >= 0.3 is 6.18 Å². The van der Waals surface area contributed by atoms with Gasteiger partial charge in [-0.05, 0) is 38.8 Å². The van der Waals surface area contributed by atoms with E-state index in [-0.39, 0.29) is 6.04 Å². The van der Waals surface area contributed by atoms with Crippen LogP contribution in [0.4, 0.5) is 13.2 Å². The number of rotatable bonds is 2. The van der Waals surface area contributed by atoms with Crippen LogP contribution in [0.2, 0.25) is 0 Å². The minimum Gasteiger partial charge on any atom is -0.328 e. The van der Waals surface area contributed by atoms with Gasteiger partial charge in [-0.1, -0.05) is 0 Å². The Bertz CT molecular complexity index is 171. The maximum Gasteiger partial charge on any atom is 0.401 e. The van der Waals surface area contributed by atoms with E-state index in [4.69, 9.17) is 5.73 Å². The van der Waals surface area contributed by atoms with Gasteiger partial charge in [-0.25, -0.2) is 0 Å². The fourth-order valence-corrected chi connectivity index (χ4v) is 1.89. The predicted molar refractivity (Wildman–Crippen MR) is 48.9 cm³/mol. The Labute approximate surface area is 82.2 Å². The Morgan fingerprint density at radius 3 is 2.21 bits per heavy atom. The van der Waals surface area contributed by atoms with Gasteiger partial charge in [0.05, 0.1) is 6.54 Å². The minimum absolute atomic E-state index is 0.100. The fourth-order valence-electron chi connectivity index (χ4n) is 1.89. The van der Waals surface area contributed by atoms with Crippen LogP contribution in [0.25, 0.3) is 0 Å². The molecule has 2 nitrogen and oxygen atoms in total. The average Bonchev–Trinajstić information content (AvgIpc) is 2.02. The summed E-state index contributed by atoms with van der Waals surface area (Å²) in [5.74, 6) is 0.388. The minimum atomic E-state index is -4.07. The molecule has 0 aromatic heterocycles. The van der Waals surface area contributed by atoms with Crippen molar-refractivity contribution in [1.82, 2.24) is 4.90 Å². The van der Waals surface area contributed by atoms with Gasteiger partial charge < -0.3 is 5.73 Å². The highest BCUT2D eigenvalue weighted by Gasteiger charge is 2.32. The average molecular weight is 210 g/mol. The molecular weight excluding hydrogens is 193 g/mol. The van der Waals surface area contributed by atoms with Crippen molar-refractivity contribution in [3.05, 3.63) is 0 Å². The molecule has 0 unspecified atom stereocenters. The first-order valence-electron chi connectivity index (χ1n) is 4.93. The summed E-state index contributed by atoms with van der Waals surface area (Å²) in [7, 11) is 0. The predicted octanol–water partition coefficient (Wildman–Crippen LogP) is 1.61. The summed E-state index contributed by atoms with van der Waals surface area (Å²) < 4.78 is 36.1. The number of hydrogen-bond donors (Lipinski definition) is 1. The standard InChI is InChI=1S/C9H17F3N2/c1-7(13)8-2-4-14(5-3-8)6-9(10,11)12/h7-8H,2-6,13H2,1H3/t7-/m1/s1. The van der Waals surface area contributed by atoms with Crippen LogP contribution in [-0.4, -0.2) is 36.8 Å². The van der Waals surface area contributed by atoms with Crippen molar-refractivity contribution < 1.29 is 13.2 Å². The summed E-state index contributed by atoms with van der Waals surface area (Å²) >= 11 is 0. The third-order valence-corrected chi connectivity index (χ3v) is 2.78. The van der Waals surface area contributed by atoms with Crippen LogP contribution in [0.15, 0.2) is 0 Å². The molecule has 0 spiro atoms. The summed E-state index contributed by atoms with van der Waals surface area (Å²) in [6, 6.07) is 0.100. The smallest absolute Gasteiger partial charge is 0.328 e. The maximum atomic E-state index is 12.0. The molecule has 1 heterocycles. The van der Waals surface area contributed by atoms with Crippen LogP contribution in [-0.2, 0) is 0 Å². The van der Waals surface area contributed by atoms with E-state index in [0.29, 0.717) is 19.0 Å². The quantitative estimate of drug-likeness (QED) is 0.750. The second-order valence-corrected chi connectivity index (χ2v) is 4.09. The Morgan fingerprint density at radius 1 is 1.36 bits per heavy atom. The van der Waals surface area contributed by atoms with Crippen molar-refractivity contribution >= 4 is 0 Å². The Balaban J connectivity index is 2.29. The van der Waals surface area contributed by atoms with Crippen molar-refractivity contribution in [2.75, 3.05) is 19.6 Å². The van der Waals surface area contributed by atoms with Crippen LogP contribution in [0, 0.1) is 5.92 Å². The lowest BCUT2D eigenvalue weighted by Crippen LogP contribution is -2.43. The van der Waals surface area contributed by atoms with Crippen LogP contribution in [0.5, 0.6) is 0 Å². The molecule has 14 heavy (non-hydrogen) atoms. The largest absolute Gasteiger partial charge is 0.401 e. The molecule has 2 N–H and O–H groups in total. The van der Waals surface area contributed by atoms with E-state index >= 15 is 0 Å².